The maximum atomic E-state index is 11.9. The minimum atomic E-state index is -0.266. The highest BCUT2D eigenvalue weighted by molar-refractivity contribution is 5.82. The molecule has 0 radical (unpaired) electrons. The Hall–Kier alpha value is -0.610. The van der Waals surface area contributed by atoms with Crippen molar-refractivity contribution in [2.75, 3.05) is 0 Å². The Morgan fingerprint density at radius 3 is 2.29 bits per heavy atom. The van der Waals surface area contributed by atoms with Gasteiger partial charge >= 0.3 is 0 Å². The van der Waals surface area contributed by atoms with Gasteiger partial charge in [-0.05, 0) is 34.1 Å². The minimum Gasteiger partial charge on any atom is -0.392 e. The number of hydrogen-bond donors (Lipinski definition) is 3. The first-order valence-electron chi connectivity index (χ1n) is 6.30. The van der Waals surface area contributed by atoms with Crippen LogP contribution < -0.4 is 10.6 Å². The van der Waals surface area contributed by atoms with E-state index >= 15 is 0 Å². The SMILES string of the molecule is CC(NC1CC(O)C1(C)C)C(=O)NC(C)(C)C. The molecule has 0 heterocycles. The van der Waals surface area contributed by atoms with E-state index in [0.717, 1.165) is 6.42 Å². The highest BCUT2D eigenvalue weighted by Crippen LogP contribution is 2.40. The average molecular weight is 242 g/mol. The van der Waals surface area contributed by atoms with Gasteiger partial charge in [-0.25, -0.2) is 0 Å². The number of carbonyl (C=O) groups is 1. The van der Waals surface area contributed by atoms with Crippen molar-refractivity contribution in [2.24, 2.45) is 5.41 Å². The lowest BCUT2D eigenvalue weighted by Gasteiger charge is -2.50. The highest BCUT2D eigenvalue weighted by atomic mass is 16.3. The van der Waals surface area contributed by atoms with E-state index in [0.29, 0.717) is 0 Å². The van der Waals surface area contributed by atoms with Gasteiger partial charge in [-0.2, -0.15) is 0 Å². The van der Waals surface area contributed by atoms with Crippen molar-refractivity contribution >= 4 is 5.91 Å². The zero-order chi connectivity index (χ0) is 13.4. The van der Waals surface area contributed by atoms with Crippen LogP contribution in [0, 0.1) is 5.41 Å². The van der Waals surface area contributed by atoms with Crippen LogP contribution in [0.1, 0.15) is 48.0 Å². The van der Waals surface area contributed by atoms with Crippen LogP contribution in [0.2, 0.25) is 0 Å². The Bertz CT molecular complexity index is 294. The van der Waals surface area contributed by atoms with Gasteiger partial charge in [0.2, 0.25) is 5.91 Å². The van der Waals surface area contributed by atoms with E-state index in [-0.39, 0.29) is 35.0 Å². The van der Waals surface area contributed by atoms with Gasteiger partial charge in [0.25, 0.3) is 0 Å². The first kappa shape index (κ1) is 14.5. The summed E-state index contributed by atoms with van der Waals surface area (Å²) in [5, 5.41) is 15.9. The van der Waals surface area contributed by atoms with Crippen molar-refractivity contribution in [1.82, 2.24) is 10.6 Å². The molecule has 1 fully saturated rings. The fourth-order valence-electron chi connectivity index (χ4n) is 2.04. The molecule has 0 saturated heterocycles. The summed E-state index contributed by atoms with van der Waals surface area (Å²) in [4.78, 5) is 11.9. The number of aliphatic hydroxyl groups excluding tert-OH is 1. The summed E-state index contributed by atoms with van der Waals surface area (Å²) in [6, 6.07) is -0.0239. The highest BCUT2D eigenvalue weighted by Gasteiger charge is 2.47. The molecular formula is C13H26N2O2. The van der Waals surface area contributed by atoms with Crippen molar-refractivity contribution in [1.29, 1.82) is 0 Å². The summed E-state index contributed by atoms with van der Waals surface area (Å²) < 4.78 is 0. The first-order valence-corrected chi connectivity index (χ1v) is 6.30. The lowest BCUT2D eigenvalue weighted by molar-refractivity contribution is -0.126. The molecule has 100 valence electrons. The summed E-state index contributed by atoms with van der Waals surface area (Å²) in [6.07, 6.45) is 0.457. The Labute approximate surface area is 104 Å². The van der Waals surface area contributed by atoms with E-state index in [2.05, 4.69) is 10.6 Å². The van der Waals surface area contributed by atoms with Gasteiger partial charge in [-0.15, -0.1) is 0 Å². The van der Waals surface area contributed by atoms with E-state index in [1.165, 1.54) is 0 Å². The molecule has 4 heteroatoms. The third-order valence-corrected chi connectivity index (χ3v) is 3.56. The van der Waals surface area contributed by atoms with Gasteiger partial charge in [0.05, 0.1) is 12.1 Å². The van der Waals surface area contributed by atoms with E-state index in [9.17, 15) is 9.90 Å². The number of rotatable bonds is 3. The van der Waals surface area contributed by atoms with Crippen LogP contribution in [0.4, 0.5) is 0 Å². The molecule has 17 heavy (non-hydrogen) atoms. The standard InChI is InChI=1S/C13H26N2O2/c1-8(11(17)15-12(2,3)4)14-9-7-10(16)13(9,5)6/h8-10,14,16H,7H2,1-6H3,(H,15,17). The third kappa shape index (κ3) is 3.42. The van der Waals surface area contributed by atoms with Gasteiger partial charge in [0.15, 0.2) is 0 Å². The minimum absolute atomic E-state index is 0.00897. The van der Waals surface area contributed by atoms with Crippen LogP contribution in [0.25, 0.3) is 0 Å². The van der Waals surface area contributed by atoms with E-state index < -0.39 is 0 Å². The molecule has 3 unspecified atom stereocenters. The van der Waals surface area contributed by atoms with E-state index in [4.69, 9.17) is 0 Å². The predicted octanol–water partition coefficient (Wildman–Crippen LogP) is 1.04. The summed E-state index contributed by atoms with van der Waals surface area (Å²) in [7, 11) is 0. The Morgan fingerprint density at radius 2 is 1.94 bits per heavy atom. The molecule has 0 aromatic rings. The molecule has 0 bridgehead atoms. The van der Waals surface area contributed by atoms with Gasteiger partial charge in [0, 0.05) is 17.0 Å². The van der Waals surface area contributed by atoms with Gasteiger partial charge in [0.1, 0.15) is 0 Å². The molecule has 1 aliphatic carbocycles. The molecule has 0 spiro atoms. The zero-order valence-electron chi connectivity index (χ0n) is 11.8. The third-order valence-electron chi connectivity index (χ3n) is 3.56. The second-order valence-corrected chi connectivity index (χ2v) is 6.75. The van der Waals surface area contributed by atoms with Crippen molar-refractivity contribution in [3.8, 4) is 0 Å². The summed E-state index contributed by atoms with van der Waals surface area (Å²) in [5.74, 6) is 0.00897. The van der Waals surface area contributed by atoms with Gasteiger partial charge in [-0.3, -0.25) is 4.79 Å². The van der Waals surface area contributed by atoms with E-state index in [1.54, 1.807) is 0 Å². The van der Waals surface area contributed by atoms with Crippen molar-refractivity contribution in [2.45, 2.75) is 71.7 Å². The number of nitrogens with one attached hydrogen (secondary N) is 2. The molecule has 3 atom stereocenters. The van der Waals surface area contributed by atoms with Crippen molar-refractivity contribution in [3.63, 3.8) is 0 Å². The van der Waals surface area contributed by atoms with Gasteiger partial charge in [-0.1, -0.05) is 13.8 Å². The Morgan fingerprint density at radius 1 is 1.41 bits per heavy atom. The zero-order valence-corrected chi connectivity index (χ0v) is 11.8. The number of carbonyl (C=O) groups excluding carboxylic acids is 1. The van der Waals surface area contributed by atoms with Crippen LogP contribution in [-0.2, 0) is 4.79 Å². The summed E-state index contributed by atoms with van der Waals surface area (Å²) >= 11 is 0. The van der Waals surface area contributed by atoms with Crippen molar-refractivity contribution in [3.05, 3.63) is 0 Å². The van der Waals surface area contributed by atoms with Crippen LogP contribution in [0.3, 0.4) is 0 Å². The maximum absolute atomic E-state index is 11.9. The number of amides is 1. The van der Waals surface area contributed by atoms with Crippen LogP contribution in [0.5, 0.6) is 0 Å². The van der Waals surface area contributed by atoms with Crippen LogP contribution in [0.15, 0.2) is 0 Å². The van der Waals surface area contributed by atoms with E-state index in [1.807, 2.05) is 41.5 Å². The molecular weight excluding hydrogens is 216 g/mol. The quantitative estimate of drug-likeness (QED) is 0.693. The fourth-order valence-corrected chi connectivity index (χ4v) is 2.04. The molecule has 0 aliphatic heterocycles. The molecule has 0 aromatic heterocycles. The van der Waals surface area contributed by atoms with Crippen LogP contribution in [-0.4, -0.2) is 34.7 Å². The number of aliphatic hydroxyl groups is 1. The average Bonchev–Trinajstić information content (AvgIpc) is 2.14. The monoisotopic (exact) mass is 242 g/mol. The molecule has 1 amide bonds. The van der Waals surface area contributed by atoms with Crippen molar-refractivity contribution < 1.29 is 9.90 Å². The largest absolute Gasteiger partial charge is 0.392 e. The first-order chi connectivity index (χ1) is 7.54. The molecule has 1 rings (SSSR count). The second kappa shape index (κ2) is 4.58. The normalized spacial score (nSPS) is 29.4. The lowest BCUT2D eigenvalue weighted by Crippen LogP contribution is -2.63. The van der Waals surface area contributed by atoms with Gasteiger partial charge < -0.3 is 15.7 Å². The molecule has 4 nitrogen and oxygen atoms in total. The molecule has 3 N–H and O–H groups in total. The maximum Gasteiger partial charge on any atom is 0.237 e. The predicted molar refractivity (Wildman–Crippen MR) is 68.7 cm³/mol. The summed E-state index contributed by atoms with van der Waals surface area (Å²) in [5.41, 5.74) is -0.349. The number of hydrogen-bond acceptors (Lipinski definition) is 3. The summed E-state index contributed by atoms with van der Waals surface area (Å²) in [6.45, 7) is 11.8. The van der Waals surface area contributed by atoms with Crippen LogP contribution >= 0.6 is 0 Å². The Balaban J connectivity index is 2.45. The smallest absolute Gasteiger partial charge is 0.237 e. The molecule has 1 aliphatic rings. The fraction of sp³-hybridized carbons (Fsp3) is 0.923. The Kier molecular flexibility index (Phi) is 3.89. The molecule has 1 saturated carbocycles. The molecule has 0 aromatic carbocycles. The lowest BCUT2D eigenvalue weighted by atomic mass is 9.64. The topological polar surface area (TPSA) is 61.4 Å². The second-order valence-electron chi connectivity index (χ2n) is 6.75.